The number of allylic oxidation sites excluding steroid dienone is 1. The lowest BCUT2D eigenvalue weighted by atomic mass is 10.4. The van der Waals surface area contributed by atoms with E-state index in [0.29, 0.717) is 12.2 Å². The number of carbonyl (C=O) groups excluding carboxylic acids is 1. The summed E-state index contributed by atoms with van der Waals surface area (Å²) in [7, 11) is 0. The summed E-state index contributed by atoms with van der Waals surface area (Å²) >= 11 is 0. The molecular formula is C7H8N4O2. The molecule has 0 amide bonds. The van der Waals surface area contributed by atoms with Crippen LogP contribution < -0.4 is 4.84 Å². The second-order valence-electron chi connectivity index (χ2n) is 2.08. The third kappa shape index (κ3) is 2.22. The molecule has 1 rings (SSSR count). The van der Waals surface area contributed by atoms with E-state index in [1.165, 1.54) is 0 Å². The van der Waals surface area contributed by atoms with Gasteiger partial charge in [0.2, 0.25) is 0 Å². The fourth-order valence-corrected chi connectivity index (χ4v) is 0.639. The standard InChI is InChI=1S/C7H8N4O2/c1-3-5-6-8-9-10-11(6)13-7(12)4-2/h3-4H,1-2,5H2. The van der Waals surface area contributed by atoms with Crippen molar-refractivity contribution in [3.05, 3.63) is 31.1 Å². The highest BCUT2D eigenvalue weighted by Gasteiger charge is 2.07. The molecular weight excluding hydrogens is 172 g/mol. The minimum absolute atomic E-state index is 0.408. The Kier molecular flexibility index (Phi) is 2.91. The quantitative estimate of drug-likeness (QED) is 0.356. The number of carbonyl (C=O) groups is 1. The van der Waals surface area contributed by atoms with Crippen LogP contribution in [-0.4, -0.2) is 26.3 Å². The van der Waals surface area contributed by atoms with Gasteiger partial charge in [-0.3, -0.25) is 0 Å². The molecule has 0 aliphatic heterocycles. The van der Waals surface area contributed by atoms with Crippen LogP contribution in [0.4, 0.5) is 0 Å². The van der Waals surface area contributed by atoms with Crippen molar-refractivity contribution in [2.24, 2.45) is 0 Å². The highest BCUT2D eigenvalue weighted by molar-refractivity contribution is 5.81. The van der Waals surface area contributed by atoms with Crippen molar-refractivity contribution in [2.45, 2.75) is 6.42 Å². The minimum Gasteiger partial charge on any atom is -0.311 e. The maximum Gasteiger partial charge on any atom is 0.358 e. The van der Waals surface area contributed by atoms with Crippen LogP contribution in [0.3, 0.4) is 0 Å². The second kappa shape index (κ2) is 4.15. The van der Waals surface area contributed by atoms with E-state index in [1.807, 2.05) is 0 Å². The van der Waals surface area contributed by atoms with E-state index in [0.717, 1.165) is 10.9 Å². The molecule has 1 heterocycles. The smallest absolute Gasteiger partial charge is 0.311 e. The average molecular weight is 180 g/mol. The Morgan fingerprint density at radius 3 is 3.00 bits per heavy atom. The van der Waals surface area contributed by atoms with E-state index in [1.54, 1.807) is 6.08 Å². The molecule has 0 radical (unpaired) electrons. The predicted molar refractivity (Wildman–Crippen MR) is 43.5 cm³/mol. The number of hydrogen-bond donors (Lipinski definition) is 0. The van der Waals surface area contributed by atoms with Gasteiger partial charge in [-0.25, -0.2) is 4.79 Å². The van der Waals surface area contributed by atoms with Crippen LogP contribution in [-0.2, 0) is 11.2 Å². The van der Waals surface area contributed by atoms with E-state index >= 15 is 0 Å². The summed E-state index contributed by atoms with van der Waals surface area (Å²) in [4.78, 5) is 16.4. The maximum atomic E-state index is 10.8. The lowest BCUT2D eigenvalue weighted by Crippen LogP contribution is -2.21. The van der Waals surface area contributed by atoms with E-state index < -0.39 is 5.97 Å². The molecule has 0 aliphatic carbocycles. The van der Waals surface area contributed by atoms with Gasteiger partial charge in [0.25, 0.3) is 0 Å². The monoisotopic (exact) mass is 180 g/mol. The van der Waals surface area contributed by atoms with E-state index in [4.69, 9.17) is 0 Å². The number of tetrazole rings is 1. The number of nitrogens with zero attached hydrogens (tertiary/aromatic N) is 4. The van der Waals surface area contributed by atoms with Gasteiger partial charge in [0.05, 0.1) is 0 Å². The lowest BCUT2D eigenvalue weighted by molar-refractivity contribution is -0.140. The maximum absolute atomic E-state index is 10.8. The van der Waals surface area contributed by atoms with Crippen molar-refractivity contribution in [2.75, 3.05) is 0 Å². The van der Waals surface area contributed by atoms with Crippen molar-refractivity contribution in [3.63, 3.8) is 0 Å². The molecule has 0 aliphatic rings. The highest BCUT2D eigenvalue weighted by atomic mass is 16.7. The molecule has 0 unspecified atom stereocenters. The fourth-order valence-electron chi connectivity index (χ4n) is 0.639. The summed E-state index contributed by atoms with van der Waals surface area (Å²) in [5.41, 5.74) is 0. The first-order chi connectivity index (χ1) is 6.27. The summed E-state index contributed by atoms with van der Waals surface area (Å²) in [6.07, 6.45) is 3.06. The molecule has 6 nitrogen and oxygen atoms in total. The largest absolute Gasteiger partial charge is 0.358 e. The van der Waals surface area contributed by atoms with Gasteiger partial charge >= 0.3 is 5.97 Å². The van der Waals surface area contributed by atoms with E-state index in [2.05, 4.69) is 33.5 Å². The summed E-state index contributed by atoms with van der Waals surface area (Å²) < 4.78 is 0. The van der Waals surface area contributed by atoms with Gasteiger partial charge in [-0.15, -0.1) is 11.7 Å². The first kappa shape index (κ1) is 9.11. The first-order valence-electron chi connectivity index (χ1n) is 3.51. The van der Waals surface area contributed by atoms with Crippen LogP contribution in [0, 0.1) is 0 Å². The Morgan fingerprint density at radius 1 is 1.62 bits per heavy atom. The van der Waals surface area contributed by atoms with Gasteiger partial charge in [0.1, 0.15) is 0 Å². The van der Waals surface area contributed by atoms with Gasteiger partial charge in [-0.05, 0) is 10.4 Å². The molecule has 1 aromatic heterocycles. The van der Waals surface area contributed by atoms with Crippen molar-refractivity contribution < 1.29 is 9.63 Å². The van der Waals surface area contributed by atoms with Crippen LogP contribution >= 0.6 is 0 Å². The first-order valence-corrected chi connectivity index (χ1v) is 3.51. The molecule has 6 heteroatoms. The second-order valence-corrected chi connectivity index (χ2v) is 2.08. The molecule has 13 heavy (non-hydrogen) atoms. The van der Waals surface area contributed by atoms with Crippen LogP contribution in [0.1, 0.15) is 5.82 Å². The molecule has 0 aromatic carbocycles. The average Bonchev–Trinajstić information content (AvgIpc) is 2.54. The normalized spacial score (nSPS) is 9.23. The molecule has 0 bridgehead atoms. The Balaban J connectivity index is 2.75. The predicted octanol–water partition coefficient (Wildman–Crippen LogP) is -0.457. The molecule has 0 N–H and O–H groups in total. The topological polar surface area (TPSA) is 69.9 Å². The number of aromatic nitrogens is 4. The van der Waals surface area contributed by atoms with Crippen LogP contribution in [0.25, 0.3) is 0 Å². The summed E-state index contributed by atoms with van der Waals surface area (Å²) in [5.74, 6) is -0.206. The third-order valence-electron chi connectivity index (χ3n) is 1.17. The lowest BCUT2D eigenvalue weighted by Gasteiger charge is -1.99. The Hall–Kier alpha value is -1.98. The SMILES string of the molecule is C=CCc1nnnn1OC(=O)C=C. The zero-order chi connectivity index (χ0) is 9.68. The van der Waals surface area contributed by atoms with Gasteiger partial charge in [-0.2, -0.15) is 0 Å². The van der Waals surface area contributed by atoms with Crippen molar-refractivity contribution in [1.82, 2.24) is 20.4 Å². The zero-order valence-corrected chi connectivity index (χ0v) is 6.88. The van der Waals surface area contributed by atoms with E-state index in [-0.39, 0.29) is 0 Å². The van der Waals surface area contributed by atoms with Crippen molar-refractivity contribution >= 4 is 5.97 Å². The summed E-state index contributed by atoms with van der Waals surface area (Å²) in [5, 5.41) is 10.4. The Labute approximate surface area is 74.5 Å². The van der Waals surface area contributed by atoms with Gasteiger partial charge in [0.15, 0.2) is 5.82 Å². The van der Waals surface area contributed by atoms with E-state index in [9.17, 15) is 4.79 Å². The number of rotatable bonds is 4. The number of hydrogen-bond acceptors (Lipinski definition) is 5. The third-order valence-corrected chi connectivity index (χ3v) is 1.17. The molecule has 68 valence electrons. The molecule has 1 aromatic rings. The molecule has 0 saturated carbocycles. The van der Waals surface area contributed by atoms with Gasteiger partial charge in [-0.1, -0.05) is 17.5 Å². The van der Waals surface area contributed by atoms with Crippen LogP contribution in [0.15, 0.2) is 25.3 Å². The summed E-state index contributed by atoms with van der Waals surface area (Å²) in [6.45, 7) is 6.75. The van der Waals surface area contributed by atoms with Crippen molar-refractivity contribution in [1.29, 1.82) is 0 Å². The van der Waals surface area contributed by atoms with Gasteiger partial charge in [0, 0.05) is 12.5 Å². The van der Waals surface area contributed by atoms with Crippen molar-refractivity contribution in [3.8, 4) is 0 Å². The van der Waals surface area contributed by atoms with Gasteiger partial charge < -0.3 is 4.84 Å². The fraction of sp³-hybridized carbons (Fsp3) is 0.143. The Morgan fingerprint density at radius 2 is 2.38 bits per heavy atom. The molecule has 0 fully saturated rings. The summed E-state index contributed by atoms with van der Waals surface area (Å²) in [6, 6.07) is 0. The van der Waals surface area contributed by atoms with Crippen LogP contribution in [0.2, 0.25) is 0 Å². The minimum atomic E-state index is -0.613. The highest BCUT2D eigenvalue weighted by Crippen LogP contribution is 1.91. The molecule has 0 saturated heterocycles. The Bertz CT molecular complexity index is 331. The zero-order valence-electron chi connectivity index (χ0n) is 6.88. The van der Waals surface area contributed by atoms with Crippen LogP contribution in [0.5, 0.6) is 0 Å². The molecule has 0 atom stereocenters. The molecule has 0 spiro atoms.